The van der Waals surface area contributed by atoms with E-state index in [4.69, 9.17) is 14.9 Å². The van der Waals surface area contributed by atoms with Crippen LogP contribution in [0.25, 0.3) is 0 Å². The van der Waals surface area contributed by atoms with Gasteiger partial charge in [0.05, 0.1) is 4.90 Å². The van der Waals surface area contributed by atoms with Crippen molar-refractivity contribution in [3.8, 4) is 6.07 Å². The van der Waals surface area contributed by atoms with E-state index in [9.17, 15) is 18.0 Å². The molecule has 11 heteroatoms. The first-order chi connectivity index (χ1) is 12.2. The predicted molar refractivity (Wildman–Crippen MR) is 96.1 cm³/mol. The first-order valence-corrected chi connectivity index (χ1v) is 9.99. The molecule has 26 heavy (non-hydrogen) atoms. The molecule has 4 N–H and O–H groups in total. The number of carbonyl (C=O) groups excluding carboxylic acids is 1. The molecule has 0 aliphatic carbocycles. The van der Waals surface area contributed by atoms with Gasteiger partial charge < -0.3 is 15.7 Å². The van der Waals surface area contributed by atoms with E-state index in [0.717, 1.165) is 18.3 Å². The quantitative estimate of drug-likeness (QED) is 0.271. The molecule has 1 aromatic rings. The van der Waals surface area contributed by atoms with Crippen LogP contribution in [0.4, 0.5) is 5.69 Å². The van der Waals surface area contributed by atoms with Crippen LogP contribution < -0.4 is 10.6 Å². The topological polar surface area (TPSA) is 157 Å². The van der Waals surface area contributed by atoms with Crippen molar-refractivity contribution in [2.75, 3.05) is 17.3 Å². The summed E-state index contributed by atoms with van der Waals surface area (Å²) in [6.07, 6.45) is 3.09. The minimum atomic E-state index is -4.32. The lowest BCUT2D eigenvalue weighted by atomic mass is 10.2. The van der Waals surface area contributed by atoms with E-state index in [0.29, 0.717) is 11.4 Å². The van der Waals surface area contributed by atoms with Gasteiger partial charge in [0.25, 0.3) is 16.0 Å². The Bertz CT molecular complexity index is 828. The molecule has 0 aliphatic heterocycles. The van der Waals surface area contributed by atoms with E-state index in [1.165, 1.54) is 23.9 Å². The Hall–Kier alpha value is -2.55. The fourth-order valence-corrected chi connectivity index (χ4v) is 2.71. The Morgan fingerprint density at radius 3 is 2.42 bits per heavy atom. The highest BCUT2D eigenvalue weighted by molar-refractivity contribution is 7.98. The van der Waals surface area contributed by atoms with E-state index >= 15 is 0 Å². The smallest absolute Gasteiger partial charge is 0.326 e. The Morgan fingerprint density at radius 1 is 1.35 bits per heavy atom. The summed E-state index contributed by atoms with van der Waals surface area (Å²) in [5, 5.41) is 23.1. The molecule has 0 heterocycles. The Balaban J connectivity index is 2.82. The summed E-state index contributed by atoms with van der Waals surface area (Å²) >= 11 is 1.43. The van der Waals surface area contributed by atoms with Crippen LogP contribution in [-0.4, -0.2) is 48.0 Å². The second-order valence-corrected chi connectivity index (χ2v) is 7.37. The summed E-state index contributed by atoms with van der Waals surface area (Å²) in [5.74, 6) is -1.51. The molecule has 9 nitrogen and oxygen atoms in total. The fourth-order valence-electron chi connectivity index (χ4n) is 1.76. The second kappa shape index (κ2) is 9.81. The van der Waals surface area contributed by atoms with E-state index in [-0.39, 0.29) is 16.9 Å². The normalized spacial score (nSPS) is 12.7. The number of rotatable bonds is 9. The number of carboxylic acids is 1. The van der Waals surface area contributed by atoms with Crippen molar-refractivity contribution in [3.63, 3.8) is 0 Å². The van der Waals surface area contributed by atoms with Gasteiger partial charge in [-0.1, -0.05) is 0 Å². The van der Waals surface area contributed by atoms with Gasteiger partial charge in [-0.2, -0.15) is 25.4 Å². The van der Waals surface area contributed by atoms with Crippen LogP contribution in [0.1, 0.15) is 6.42 Å². The third-order valence-corrected chi connectivity index (χ3v) is 4.63. The van der Waals surface area contributed by atoms with Crippen molar-refractivity contribution in [3.05, 3.63) is 36.0 Å². The zero-order valence-electron chi connectivity index (χ0n) is 13.7. The summed E-state index contributed by atoms with van der Waals surface area (Å²) in [6.45, 7) is 0. The van der Waals surface area contributed by atoms with Gasteiger partial charge in [0.1, 0.15) is 17.7 Å². The number of hydrogen-bond acceptors (Lipinski definition) is 7. The van der Waals surface area contributed by atoms with Crippen molar-refractivity contribution in [1.29, 1.82) is 5.26 Å². The molecule has 1 atom stereocenters. The highest BCUT2D eigenvalue weighted by atomic mass is 32.2. The van der Waals surface area contributed by atoms with Crippen LogP contribution in [0.2, 0.25) is 0 Å². The lowest BCUT2D eigenvalue weighted by molar-refractivity contribution is -0.141. The van der Waals surface area contributed by atoms with Crippen molar-refractivity contribution in [2.45, 2.75) is 17.4 Å². The number of carboxylic acid groups (broad SMARTS) is 1. The average molecular weight is 399 g/mol. The molecule has 0 bridgehead atoms. The Morgan fingerprint density at radius 2 is 1.96 bits per heavy atom. The van der Waals surface area contributed by atoms with Gasteiger partial charge in [-0.3, -0.25) is 9.35 Å². The first kappa shape index (κ1) is 21.5. The Kier molecular flexibility index (Phi) is 8.11. The molecule has 1 rings (SSSR count). The molecule has 0 saturated heterocycles. The fraction of sp³-hybridized carbons (Fsp3) is 0.267. The number of nitrogens with one attached hydrogen (secondary N) is 2. The molecule has 1 aromatic carbocycles. The van der Waals surface area contributed by atoms with Crippen LogP contribution in [0.3, 0.4) is 0 Å². The highest BCUT2D eigenvalue weighted by Crippen LogP contribution is 2.14. The molecule has 0 radical (unpaired) electrons. The molecule has 0 fully saturated rings. The van der Waals surface area contributed by atoms with Crippen LogP contribution >= 0.6 is 11.8 Å². The maximum absolute atomic E-state index is 12.0. The lowest BCUT2D eigenvalue weighted by Crippen LogP contribution is -2.41. The summed E-state index contributed by atoms with van der Waals surface area (Å²) in [4.78, 5) is 22.9. The van der Waals surface area contributed by atoms with E-state index in [2.05, 4.69) is 10.6 Å². The maximum Gasteiger partial charge on any atom is 0.326 e. The van der Waals surface area contributed by atoms with Crippen molar-refractivity contribution >= 4 is 39.4 Å². The molecule has 0 saturated carbocycles. The number of amides is 1. The van der Waals surface area contributed by atoms with Crippen LogP contribution in [0.5, 0.6) is 0 Å². The number of thioether (sulfide) groups is 1. The maximum atomic E-state index is 12.0. The highest BCUT2D eigenvalue weighted by Gasteiger charge is 2.21. The minimum absolute atomic E-state index is 0.214. The van der Waals surface area contributed by atoms with E-state index in [1.54, 1.807) is 12.3 Å². The zero-order valence-corrected chi connectivity index (χ0v) is 15.3. The average Bonchev–Trinajstić information content (AvgIpc) is 2.58. The number of nitrogens with zero attached hydrogens (tertiary/aromatic N) is 1. The summed E-state index contributed by atoms with van der Waals surface area (Å²) in [7, 11) is -4.32. The minimum Gasteiger partial charge on any atom is -0.480 e. The van der Waals surface area contributed by atoms with Gasteiger partial charge >= 0.3 is 5.97 Å². The largest absolute Gasteiger partial charge is 0.480 e. The van der Waals surface area contributed by atoms with Gasteiger partial charge in [-0.15, -0.1) is 0 Å². The van der Waals surface area contributed by atoms with Gasteiger partial charge in [-0.25, -0.2) is 4.79 Å². The van der Waals surface area contributed by atoms with Gasteiger partial charge in [-0.05, 0) is 42.7 Å². The molecule has 0 aromatic heterocycles. The summed E-state index contributed by atoms with van der Waals surface area (Å²) in [5.41, 5.74) is 0.00868. The third kappa shape index (κ3) is 6.75. The van der Waals surface area contributed by atoms with Crippen molar-refractivity contribution in [1.82, 2.24) is 5.32 Å². The molecular formula is C15H17N3O6S2. The second-order valence-electron chi connectivity index (χ2n) is 4.96. The molecule has 140 valence electrons. The lowest BCUT2D eigenvalue weighted by Gasteiger charge is -2.13. The SMILES string of the molecule is CSCCC(NC(=O)/C(C#N)=C\Nc1ccc(S(=O)(=O)O)cc1)C(=O)O. The number of anilines is 1. The van der Waals surface area contributed by atoms with E-state index in [1.807, 2.05) is 0 Å². The number of nitriles is 1. The van der Waals surface area contributed by atoms with Crippen LogP contribution in [0.15, 0.2) is 40.9 Å². The predicted octanol–water partition coefficient (Wildman–Crippen LogP) is 1.08. The zero-order chi connectivity index (χ0) is 19.7. The van der Waals surface area contributed by atoms with Crippen LogP contribution in [0, 0.1) is 11.3 Å². The molecule has 0 aliphatic rings. The summed E-state index contributed by atoms with van der Waals surface area (Å²) < 4.78 is 30.8. The molecule has 1 unspecified atom stereocenters. The number of aliphatic carboxylic acids is 1. The van der Waals surface area contributed by atoms with Gasteiger partial charge in [0, 0.05) is 11.9 Å². The molecule has 1 amide bonds. The first-order valence-electron chi connectivity index (χ1n) is 7.16. The van der Waals surface area contributed by atoms with Crippen molar-refractivity contribution < 1.29 is 27.7 Å². The van der Waals surface area contributed by atoms with E-state index < -0.39 is 28.0 Å². The van der Waals surface area contributed by atoms with Crippen molar-refractivity contribution in [2.24, 2.45) is 0 Å². The Labute approximate surface area is 154 Å². The number of benzene rings is 1. The molecule has 0 spiro atoms. The van der Waals surface area contributed by atoms with Crippen LogP contribution in [-0.2, 0) is 19.7 Å². The van der Waals surface area contributed by atoms with Gasteiger partial charge in [0.2, 0.25) is 0 Å². The third-order valence-electron chi connectivity index (χ3n) is 3.11. The summed E-state index contributed by atoms with van der Waals surface area (Å²) in [6, 6.07) is 5.48. The standard InChI is InChI=1S/C15H17N3O6S2/c1-25-7-6-13(15(20)21)18-14(19)10(8-16)9-17-11-2-4-12(5-3-11)26(22,23)24/h2-5,9,13,17H,6-7H2,1H3,(H,18,19)(H,20,21)(H,22,23,24)/b10-9-. The number of carbonyl (C=O) groups is 2. The monoisotopic (exact) mass is 399 g/mol. The van der Waals surface area contributed by atoms with Gasteiger partial charge in [0.15, 0.2) is 0 Å². The molecular weight excluding hydrogens is 382 g/mol. The number of hydrogen-bond donors (Lipinski definition) is 4.